The standard InChI is InChI=1S/C29H24F3NO3/c1-2-23-17-24(36-20-29(30,31)32)13-14-25(23)26-15-16-27(34-18-21-9-5-3-6-10-21)33-28(26)35-19-22-11-7-4-8-12-22/h2-17H,1,18-20H2. The van der Waals surface area contributed by atoms with E-state index in [-0.39, 0.29) is 12.4 Å². The smallest absolute Gasteiger partial charge is 0.422 e. The average Bonchev–Trinajstić information content (AvgIpc) is 2.90. The maximum absolute atomic E-state index is 12.6. The molecular formula is C29H24F3NO3. The number of benzene rings is 3. The summed E-state index contributed by atoms with van der Waals surface area (Å²) in [5.41, 5.74) is 3.88. The van der Waals surface area contributed by atoms with Crippen LogP contribution in [0.2, 0.25) is 0 Å². The van der Waals surface area contributed by atoms with Crippen molar-refractivity contribution in [2.24, 2.45) is 0 Å². The molecule has 0 N–H and O–H groups in total. The highest BCUT2D eigenvalue weighted by Crippen LogP contribution is 2.36. The van der Waals surface area contributed by atoms with Gasteiger partial charge in [-0.15, -0.1) is 0 Å². The van der Waals surface area contributed by atoms with Crippen molar-refractivity contribution < 1.29 is 27.4 Å². The second-order valence-corrected chi connectivity index (χ2v) is 7.91. The zero-order valence-electron chi connectivity index (χ0n) is 19.4. The van der Waals surface area contributed by atoms with Crippen molar-refractivity contribution in [3.63, 3.8) is 0 Å². The summed E-state index contributed by atoms with van der Waals surface area (Å²) < 4.78 is 54.6. The molecule has 0 aliphatic heterocycles. The van der Waals surface area contributed by atoms with Crippen molar-refractivity contribution in [2.45, 2.75) is 19.4 Å². The van der Waals surface area contributed by atoms with E-state index < -0.39 is 12.8 Å². The molecule has 4 nitrogen and oxygen atoms in total. The van der Waals surface area contributed by atoms with Gasteiger partial charge in [-0.05, 0) is 46.5 Å². The molecule has 1 heterocycles. The van der Waals surface area contributed by atoms with Gasteiger partial charge in [0.1, 0.15) is 19.0 Å². The highest BCUT2D eigenvalue weighted by Gasteiger charge is 2.28. The maximum Gasteiger partial charge on any atom is 0.422 e. The molecule has 0 saturated heterocycles. The van der Waals surface area contributed by atoms with Crippen LogP contribution in [0.3, 0.4) is 0 Å². The van der Waals surface area contributed by atoms with Gasteiger partial charge in [-0.3, -0.25) is 0 Å². The van der Waals surface area contributed by atoms with Crippen LogP contribution in [0.1, 0.15) is 16.7 Å². The zero-order valence-corrected chi connectivity index (χ0v) is 19.4. The van der Waals surface area contributed by atoms with Crippen LogP contribution in [0.25, 0.3) is 17.2 Å². The number of halogens is 3. The first-order valence-corrected chi connectivity index (χ1v) is 11.2. The first-order chi connectivity index (χ1) is 17.4. The Morgan fingerprint density at radius 1 is 0.722 bits per heavy atom. The number of ether oxygens (including phenoxy) is 3. The molecule has 0 atom stereocenters. The maximum atomic E-state index is 12.6. The van der Waals surface area contributed by atoms with Crippen molar-refractivity contribution in [2.75, 3.05) is 6.61 Å². The summed E-state index contributed by atoms with van der Waals surface area (Å²) in [6, 6.07) is 27.6. The summed E-state index contributed by atoms with van der Waals surface area (Å²) in [5.74, 6) is 0.806. The molecule has 4 rings (SSSR count). The topological polar surface area (TPSA) is 40.6 Å². The van der Waals surface area contributed by atoms with Crippen LogP contribution >= 0.6 is 0 Å². The van der Waals surface area contributed by atoms with E-state index in [1.54, 1.807) is 18.2 Å². The van der Waals surface area contributed by atoms with Crippen molar-refractivity contribution in [3.8, 4) is 28.6 Å². The molecular weight excluding hydrogens is 467 g/mol. The third-order valence-electron chi connectivity index (χ3n) is 5.22. The summed E-state index contributed by atoms with van der Waals surface area (Å²) in [6.45, 7) is 3.05. The molecule has 0 bridgehead atoms. The third-order valence-corrected chi connectivity index (χ3v) is 5.22. The van der Waals surface area contributed by atoms with Crippen LogP contribution < -0.4 is 14.2 Å². The number of aromatic nitrogens is 1. The number of alkyl halides is 3. The van der Waals surface area contributed by atoms with Gasteiger partial charge in [0.05, 0.1) is 0 Å². The van der Waals surface area contributed by atoms with E-state index in [1.807, 2.05) is 66.7 Å². The average molecular weight is 492 g/mol. The van der Waals surface area contributed by atoms with Crippen LogP contribution in [0.5, 0.6) is 17.5 Å². The number of hydrogen-bond donors (Lipinski definition) is 0. The molecule has 0 aliphatic rings. The molecule has 184 valence electrons. The summed E-state index contributed by atoms with van der Waals surface area (Å²) in [5, 5.41) is 0. The minimum absolute atomic E-state index is 0.0912. The van der Waals surface area contributed by atoms with Gasteiger partial charge in [0.15, 0.2) is 6.61 Å². The number of nitrogens with zero attached hydrogens (tertiary/aromatic N) is 1. The van der Waals surface area contributed by atoms with Crippen molar-refractivity contribution in [1.82, 2.24) is 4.98 Å². The van der Waals surface area contributed by atoms with Gasteiger partial charge in [0, 0.05) is 11.6 Å². The molecule has 36 heavy (non-hydrogen) atoms. The molecule has 7 heteroatoms. The minimum Gasteiger partial charge on any atom is -0.484 e. The fourth-order valence-corrected chi connectivity index (χ4v) is 3.49. The SMILES string of the molecule is C=Cc1cc(OCC(F)(F)F)ccc1-c1ccc(OCc2ccccc2)nc1OCc1ccccc1. The first kappa shape index (κ1) is 24.9. The summed E-state index contributed by atoms with van der Waals surface area (Å²) in [4.78, 5) is 4.59. The number of pyridine rings is 1. The van der Waals surface area contributed by atoms with Gasteiger partial charge in [0.25, 0.3) is 0 Å². The lowest BCUT2D eigenvalue weighted by atomic mass is 10.00. The number of hydrogen-bond acceptors (Lipinski definition) is 4. The van der Waals surface area contributed by atoms with Crippen LogP contribution in [-0.4, -0.2) is 17.8 Å². The molecule has 3 aromatic carbocycles. The largest absolute Gasteiger partial charge is 0.484 e. The Hall–Kier alpha value is -4.26. The van der Waals surface area contributed by atoms with Crippen molar-refractivity contribution in [1.29, 1.82) is 0 Å². The Bertz CT molecular complexity index is 1290. The molecule has 0 radical (unpaired) electrons. The lowest BCUT2D eigenvalue weighted by molar-refractivity contribution is -0.153. The second kappa shape index (κ2) is 11.4. The van der Waals surface area contributed by atoms with Gasteiger partial charge in [-0.25, -0.2) is 0 Å². The van der Waals surface area contributed by atoms with Crippen LogP contribution in [-0.2, 0) is 13.2 Å². The Morgan fingerprint density at radius 3 is 1.94 bits per heavy atom. The van der Waals surface area contributed by atoms with Crippen LogP contribution in [0.4, 0.5) is 13.2 Å². The third kappa shape index (κ3) is 6.88. The Labute approximate surface area is 207 Å². The van der Waals surface area contributed by atoms with E-state index in [0.717, 1.165) is 11.1 Å². The molecule has 0 unspecified atom stereocenters. The Morgan fingerprint density at radius 2 is 1.33 bits per heavy atom. The first-order valence-electron chi connectivity index (χ1n) is 11.2. The van der Waals surface area contributed by atoms with E-state index in [9.17, 15) is 13.2 Å². The predicted octanol–water partition coefficient (Wildman–Crippen LogP) is 7.49. The number of rotatable bonds is 10. The van der Waals surface area contributed by atoms with Gasteiger partial charge < -0.3 is 14.2 Å². The fraction of sp³-hybridized carbons (Fsp3) is 0.138. The quantitative estimate of drug-likeness (QED) is 0.230. The van der Waals surface area contributed by atoms with E-state index >= 15 is 0 Å². The summed E-state index contributed by atoms with van der Waals surface area (Å²) in [6.07, 6.45) is -2.87. The van der Waals surface area contributed by atoms with Gasteiger partial charge in [-0.1, -0.05) is 73.3 Å². The van der Waals surface area contributed by atoms with Crippen LogP contribution in [0, 0.1) is 0 Å². The monoisotopic (exact) mass is 491 g/mol. The molecule has 4 aromatic rings. The molecule has 0 saturated carbocycles. The highest BCUT2D eigenvalue weighted by atomic mass is 19.4. The predicted molar refractivity (Wildman–Crippen MR) is 133 cm³/mol. The summed E-state index contributed by atoms with van der Waals surface area (Å²) in [7, 11) is 0. The normalized spacial score (nSPS) is 11.1. The molecule has 0 aliphatic carbocycles. The van der Waals surface area contributed by atoms with E-state index in [4.69, 9.17) is 14.2 Å². The van der Waals surface area contributed by atoms with E-state index in [1.165, 1.54) is 12.1 Å². The van der Waals surface area contributed by atoms with Crippen molar-refractivity contribution >= 4 is 6.08 Å². The zero-order chi connectivity index (χ0) is 25.4. The lowest BCUT2D eigenvalue weighted by Gasteiger charge is -2.16. The van der Waals surface area contributed by atoms with E-state index in [0.29, 0.717) is 35.1 Å². The summed E-state index contributed by atoms with van der Waals surface area (Å²) >= 11 is 0. The van der Waals surface area contributed by atoms with Gasteiger partial charge >= 0.3 is 6.18 Å². The lowest BCUT2D eigenvalue weighted by Crippen LogP contribution is -2.19. The van der Waals surface area contributed by atoms with Gasteiger partial charge in [-0.2, -0.15) is 18.2 Å². The Balaban J connectivity index is 1.63. The van der Waals surface area contributed by atoms with Crippen molar-refractivity contribution in [3.05, 3.63) is 114 Å². The molecule has 0 spiro atoms. The molecule has 1 aromatic heterocycles. The molecule has 0 fully saturated rings. The fourth-order valence-electron chi connectivity index (χ4n) is 3.49. The Kier molecular flexibility index (Phi) is 7.90. The second-order valence-electron chi connectivity index (χ2n) is 7.91. The van der Waals surface area contributed by atoms with E-state index in [2.05, 4.69) is 11.6 Å². The highest BCUT2D eigenvalue weighted by molar-refractivity contribution is 5.79. The van der Waals surface area contributed by atoms with Crippen LogP contribution in [0.15, 0.2) is 97.6 Å². The van der Waals surface area contributed by atoms with Gasteiger partial charge in [0.2, 0.25) is 11.8 Å². The minimum atomic E-state index is -4.43. The molecule has 0 amide bonds.